The molecule has 1 atom stereocenters. The Morgan fingerprint density at radius 1 is 1.44 bits per heavy atom. The Morgan fingerprint density at radius 3 is 2.56 bits per heavy atom. The molecule has 5 heteroatoms. The fourth-order valence-electron chi connectivity index (χ4n) is 1.80. The van der Waals surface area contributed by atoms with Crippen LogP contribution < -0.4 is 5.32 Å². The second-order valence-corrected chi connectivity index (χ2v) is 5.35. The topological polar surface area (TPSA) is 66.4 Å². The molecular formula is C11H19NO3S. The first-order valence-electron chi connectivity index (χ1n) is 5.73. The van der Waals surface area contributed by atoms with Gasteiger partial charge in [-0.3, -0.25) is 4.79 Å². The van der Waals surface area contributed by atoms with Crippen LogP contribution in [0.15, 0.2) is 0 Å². The molecule has 1 aliphatic rings. The summed E-state index contributed by atoms with van der Waals surface area (Å²) in [6.07, 6.45) is 3.05. The number of aliphatic carboxylic acids is 1. The monoisotopic (exact) mass is 245 g/mol. The van der Waals surface area contributed by atoms with Gasteiger partial charge < -0.3 is 10.4 Å². The minimum absolute atomic E-state index is 0.119. The Labute approximate surface area is 100 Å². The summed E-state index contributed by atoms with van der Waals surface area (Å²) in [4.78, 5) is 22.3. The van der Waals surface area contributed by atoms with Crippen LogP contribution >= 0.6 is 11.8 Å². The van der Waals surface area contributed by atoms with Gasteiger partial charge in [0.15, 0.2) is 0 Å². The molecule has 1 fully saturated rings. The van der Waals surface area contributed by atoms with Crippen LogP contribution in [-0.2, 0) is 9.59 Å². The number of hydrogen-bond acceptors (Lipinski definition) is 3. The predicted octanol–water partition coefficient (Wildman–Crippen LogP) is 1.50. The Balaban J connectivity index is 2.31. The molecule has 1 aliphatic heterocycles. The quantitative estimate of drug-likeness (QED) is 0.770. The van der Waals surface area contributed by atoms with Crippen molar-refractivity contribution >= 4 is 23.6 Å². The molecule has 92 valence electrons. The summed E-state index contributed by atoms with van der Waals surface area (Å²) in [5.41, 5.74) is 0. The van der Waals surface area contributed by atoms with Crippen molar-refractivity contribution < 1.29 is 14.7 Å². The van der Waals surface area contributed by atoms with Crippen molar-refractivity contribution in [1.29, 1.82) is 0 Å². The SMILES string of the molecule is CC[C@@H](NC(=O)CC1CCSCC1)C(=O)O. The highest BCUT2D eigenvalue weighted by Gasteiger charge is 2.21. The van der Waals surface area contributed by atoms with Gasteiger partial charge in [0.2, 0.25) is 5.91 Å². The highest BCUT2D eigenvalue weighted by atomic mass is 32.2. The van der Waals surface area contributed by atoms with E-state index in [1.807, 2.05) is 11.8 Å². The zero-order chi connectivity index (χ0) is 12.0. The average molecular weight is 245 g/mol. The summed E-state index contributed by atoms with van der Waals surface area (Å²) in [6, 6.07) is -0.731. The van der Waals surface area contributed by atoms with E-state index in [0.29, 0.717) is 18.8 Å². The lowest BCUT2D eigenvalue weighted by Gasteiger charge is -2.21. The lowest BCUT2D eigenvalue weighted by Crippen LogP contribution is -2.41. The van der Waals surface area contributed by atoms with Crippen molar-refractivity contribution in [3.8, 4) is 0 Å². The van der Waals surface area contributed by atoms with Gasteiger partial charge in [-0.15, -0.1) is 0 Å². The molecule has 0 aromatic rings. The van der Waals surface area contributed by atoms with Crippen LogP contribution in [0, 0.1) is 5.92 Å². The summed E-state index contributed by atoms with van der Waals surface area (Å²) in [5, 5.41) is 11.4. The van der Waals surface area contributed by atoms with Crippen LogP contribution in [0.5, 0.6) is 0 Å². The molecule has 0 aliphatic carbocycles. The summed E-state index contributed by atoms with van der Waals surface area (Å²) in [7, 11) is 0. The van der Waals surface area contributed by atoms with E-state index < -0.39 is 12.0 Å². The third-order valence-electron chi connectivity index (χ3n) is 2.86. The van der Waals surface area contributed by atoms with E-state index in [1.165, 1.54) is 0 Å². The first-order chi connectivity index (χ1) is 7.63. The van der Waals surface area contributed by atoms with Crippen molar-refractivity contribution in [2.45, 2.75) is 38.6 Å². The number of thioether (sulfide) groups is 1. The van der Waals surface area contributed by atoms with Crippen LogP contribution in [0.4, 0.5) is 0 Å². The third kappa shape index (κ3) is 4.43. The molecule has 0 spiro atoms. The van der Waals surface area contributed by atoms with Crippen molar-refractivity contribution in [2.24, 2.45) is 5.92 Å². The highest BCUT2D eigenvalue weighted by molar-refractivity contribution is 7.99. The number of hydrogen-bond donors (Lipinski definition) is 2. The first-order valence-corrected chi connectivity index (χ1v) is 6.88. The van der Waals surface area contributed by atoms with E-state index in [1.54, 1.807) is 6.92 Å². The highest BCUT2D eigenvalue weighted by Crippen LogP contribution is 2.25. The summed E-state index contributed by atoms with van der Waals surface area (Å²) < 4.78 is 0. The summed E-state index contributed by atoms with van der Waals surface area (Å²) in [6.45, 7) is 1.76. The normalized spacial score (nSPS) is 19.1. The third-order valence-corrected chi connectivity index (χ3v) is 3.91. The summed E-state index contributed by atoms with van der Waals surface area (Å²) in [5.74, 6) is 1.61. The van der Waals surface area contributed by atoms with Gasteiger partial charge in [-0.25, -0.2) is 4.79 Å². The van der Waals surface area contributed by atoms with Gasteiger partial charge in [-0.2, -0.15) is 11.8 Å². The standard InChI is InChI=1S/C11H19NO3S/c1-2-9(11(14)15)12-10(13)7-8-3-5-16-6-4-8/h8-9H,2-7H2,1H3,(H,12,13)(H,14,15)/t9-/m1/s1. The zero-order valence-electron chi connectivity index (χ0n) is 9.57. The van der Waals surface area contributed by atoms with Crippen LogP contribution in [-0.4, -0.2) is 34.5 Å². The van der Waals surface area contributed by atoms with Crippen molar-refractivity contribution in [3.63, 3.8) is 0 Å². The fourth-order valence-corrected chi connectivity index (χ4v) is 3.01. The van der Waals surface area contributed by atoms with Crippen LogP contribution in [0.2, 0.25) is 0 Å². The molecule has 0 bridgehead atoms. The second kappa shape index (κ2) is 6.78. The van der Waals surface area contributed by atoms with Crippen molar-refractivity contribution in [3.05, 3.63) is 0 Å². The van der Waals surface area contributed by atoms with E-state index in [0.717, 1.165) is 24.3 Å². The lowest BCUT2D eigenvalue weighted by atomic mass is 9.98. The molecule has 4 nitrogen and oxygen atoms in total. The van der Waals surface area contributed by atoms with Gasteiger partial charge in [0, 0.05) is 6.42 Å². The van der Waals surface area contributed by atoms with Gasteiger partial charge in [-0.1, -0.05) is 6.92 Å². The molecular weight excluding hydrogens is 226 g/mol. The first kappa shape index (κ1) is 13.4. The maximum Gasteiger partial charge on any atom is 0.326 e. The number of carboxylic acids is 1. The molecule has 2 N–H and O–H groups in total. The van der Waals surface area contributed by atoms with E-state index in [9.17, 15) is 9.59 Å². The molecule has 0 radical (unpaired) electrons. The Kier molecular flexibility index (Phi) is 5.66. The van der Waals surface area contributed by atoms with E-state index in [2.05, 4.69) is 5.32 Å². The molecule has 1 rings (SSSR count). The number of carboxylic acid groups (broad SMARTS) is 1. The number of carbonyl (C=O) groups is 2. The van der Waals surface area contributed by atoms with Crippen LogP contribution in [0.1, 0.15) is 32.6 Å². The van der Waals surface area contributed by atoms with Crippen molar-refractivity contribution in [2.75, 3.05) is 11.5 Å². The largest absolute Gasteiger partial charge is 0.480 e. The number of carbonyl (C=O) groups excluding carboxylic acids is 1. The van der Waals surface area contributed by atoms with Crippen LogP contribution in [0.25, 0.3) is 0 Å². The minimum Gasteiger partial charge on any atom is -0.480 e. The fraction of sp³-hybridized carbons (Fsp3) is 0.818. The molecule has 16 heavy (non-hydrogen) atoms. The lowest BCUT2D eigenvalue weighted by molar-refractivity contribution is -0.142. The molecule has 0 saturated carbocycles. The smallest absolute Gasteiger partial charge is 0.326 e. The molecule has 0 aromatic heterocycles. The average Bonchev–Trinajstić information content (AvgIpc) is 2.27. The second-order valence-electron chi connectivity index (χ2n) is 4.13. The summed E-state index contributed by atoms with van der Waals surface area (Å²) >= 11 is 1.92. The molecule has 0 aromatic carbocycles. The van der Waals surface area contributed by atoms with E-state index in [4.69, 9.17) is 5.11 Å². The molecule has 0 unspecified atom stereocenters. The van der Waals surface area contributed by atoms with Gasteiger partial charge in [0.25, 0.3) is 0 Å². The Bertz CT molecular complexity index is 252. The van der Waals surface area contributed by atoms with Gasteiger partial charge in [0.1, 0.15) is 6.04 Å². The number of rotatable bonds is 5. The number of amides is 1. The zero-order valence-corrected chi connectivity index (χ0v) is 10.4. The Hall–Kier alpha value is -0.710. The molecule has 1 saturated heterocycles. The molecule has 1 heterocycles. The van der Waals surface area contributed by atoms with E-state index >= 15 is 0 Å². The maximum atomic E-state index is 11.6. The van der Waals surface area contributed by atoms with Crippen molar-refractivity contribution in [1.82, 2.24) is 5.32 Å². The van der Waals surface area contributed by atoms with Gasteiger partial charge in [-0.05, 0) is 36.7 Å². The maximum absolute atomic E-state index is 11.6. The van der Waals surface area contributed by atoms with Crippen LogP contribution in [0.3, 0.4) is 0 Å². The predicted molar refractivity (Wildman–Crippen MR) is 64.5 cm³/mol. The number of nitrogens with one attached hydrogen (secondary N) is 1. The van der Waals surface area contributed by atoms with Gasteiger partial charge >= 0.3 is 5.97 Å². The Morgan fingerprint density at radius 2 is 2.06 bits per heavy atom. The van der Waals surface area contributed by atoms with E-state index in [-0.39, 0.29) is 5.91 Å². The minimum atomic E-state index is -0.949. The van der Waals surface area contributed by atoms with Gasteiger partial charge in [0.05, 0.1) is 0 Å². The molecule has 1 amide bonds.